The average Bonchev–Trinajstić information content (AvgIpc) is 3.02. The number of hydrogen-bond acceptors (Lipinski definition) is 7. The Morgan fingerprint density at radius 1 is 1.29 bits per heavy atom. The van der Waals surface area contributed by atoms with Crippen molar-refractivity contribution in [2.45, 2.75) is 18.6 Å². The van der Waals surface area contributed by atoms with Crippen molar-refractivity contribution in [3.8, 4) is 11.5 Å². The molecular weight excluding hydrogens is 330 g/mol. The minimum Gasteiger partial charge on any atom is -0.493 e. The van der Waals surface area contributed by atoms with Crippen LogP contribution < -0.4 is 9.47 Å². The van der Waals surface area contributed by atoms with E-state index in [2.05, 4.69) is 15.5 Å². The Hall–Kier alpha value is -2.29. The maximum atomic E-state index is 12.4. The molecule has 0 saturated heterocycles. The quantitative estimate of drug-likeness (QED) is 0.664. The van der Waals surface area contributed by atoms with Gasteiger partial charge < -0.3 is 14.4 Å². The number of amides is 1. The van der Waals surface area contributed by atoms with E-state index in [0.29, 0.717) is 29.7 Å². The van der Waals surface area contributed by atoms with Crippen LogP contribution in [0.3, 0.4) is 0 Å². The summed E-state index contributed by atoms with van der Waals surface area (Å²) in [6, 6.07) is 5.65. The third-order valence-electron chi connectivity index (χ3n) is 3.46. The van der Waals surface area contributed by atoms with Crippen LogP contribution in [0.5, 0.6) is 11.5 Å². The lowest BCUT2D eigenvalue weighted by Gasteiger charge is -2.21. The van der Waals surface area contributed by atoms with Crippen molar-refractivity contribution in [2.75, 3.05) is 26.5 Å². The molecule has 0 aliphatic carbocycles. The number of ether oxygens (including phenoxy) is 2. The Labute approximate surface area is 145 Å². The number of benzene rings is 1. The predicted octanol–water partition coefficient (Wildman–Crippen LogP) is 1.37. The van der Waals surface area contributed by atoms with E-state index in [4.69, 9.17) is 9.47 Å². The van der Waals surface area contributed by atoms with Gasteiger partial charge in [0.15, 0.2) is 11.5 Å². The highest BCUT2D eigenvalue weighted by Crippen LogP contribution is 2.28. The predicted molar refractivity (Wildman–Crippen MR) is 90.2 cm³/mol. The maximum Gasteiger partial charge on any atom is 0.233 e. The Morgan fingerprint density at radius 2 is 2.04 bits per heavy atom. The smallest absolute Gasteiger partial charge is 0.233 e. The highest BCUT2D eigenvalue weighted by molar-refractivity contribution is 7.99. The zero-order valence-corrected chi connectivity index (χ0v) is 15.0. The molecule has 2 aromatic rings. The van der Waals surface area contributed by atoms with Crippen LogP contribution in [0.4, 0.5) is 0 Å². The summed E-state index contributed by atoms with van der Waals surface area (Å²) in [5.74, 6) is 1.63. The van der Waals surface area contributed by atoms with Gasteiger partial charge in [-0.15, -0.1) is 5.10 Å². The van der Waals surface area contributed by atoms with Crippen LogP contribution in [-0.4, -0.2) is 57.5 Å². The largest absolute Gasteiger partial charge is 0.493 e. The number of nitrogens with zero attached hydrogens (tertiary/aromatic N) is 5. The second-order valence-corrected chi connectivity index (χ2v) is 5.91. The van der Waals surface area contributed by atoms with Crippen molar-refractivity contribution >= 4 is 17.7 Å². The molecule has 1 aromatic carbocycles. The van der Waals surface area contributed by atoms with Gasteiger partial charge in [-0.3, -0.25) is 4.79 Å². The molecule has 130 valence electrons. The fraction of sp³-hybridized carbons (Fsp3) is 0.467. The lowest BCUT2D eigenvalue weighted by molar-refractivity contribution is -0.128. The van der Waals surface area contributed by atoms with E-state index in [-0.39, 0.29) is 11.7 Å². The number of tetrazole rings is 1. The second kappa shape index (κ2) is 8.53. The summed E-state index contributed by atoms with van der Waals surface area (Å²) in [7, 11) is 4.93. The number of hydrogen-bond donors (Lipinski definition) is 0. The number of methoxy groups -OCH3 is 2. The van der Waals surface area contributed by atoms with Crippen LogP contribution in [0, 0.1) is 0 Å². The highest BCUT2D eigenvalue weighted by Gasteiger charge is 2.15. The summed E-state index contributed by atoms with van der Waals surface area (Å²) in [6.45, 7) is 3.07. The standard InChI is InChI=1S/C15H21N5O3S/c1-5-20(14(21)10-24-15-16-17-18-19(15)2)9-11-6-7-12(22-3)13(8-11)23-4/h6-8H,5,9-10H2,1-4H3. The Morgan fingerprint density at radius 3 is 2.62 bits per heavy atom. The normalized spacial score (nSPS) is 10.5. The van der Waals surface area contributed by atoms with Crippen molar-refractivity contribution in [1.29, 1.82) is 0 Å². The van der Waals surface area contributed by atoms with E-state index in [1.165, 1.54) is 11.8 Å². The molecule has 1 aromatic heterocycles. The summed E-state index contributed by atoms with van der Waals surface area (Å²) in [4.78, 5) is 14.2. The monoisotopic (exact) mass is 351 g/mol. The van der Waals surface area contributed by atoms with E-state index in [9.17, 15) is 4.79 Å². The number of rotatable bonds is 8. The zero-order valence-electron chi connectivity index (χ0n) is 14.2. The molecular formula is C15H21N5O3S. The van der Waals surface area contributed by atoms with Crippen molar-refractivity contribution in [1.82, 2.24) is 25.1 Å². The van der Waals surface area contributed by atoms with Crippen molar-refractivity contribution in [3.05, 3.63) is 23.8 Å². The van der Waals surface area contributed by atoms with Gasteiger partial charge in [0.2, 0.25) is 11.1 Å². The van der Waals surface area contributed by atoms with Gasteiger partial charge >= 0.3 is 0 Å². The minimum absolute atomic E-state index is 0.0280. The minimum atomic E-state index is 0.0280. The molecule has 0 saturated carbocycles. The first-order valence-corrected chi connectivity index (χ1v) is 8.41. The van der Waals surface area contributed by atoms with Crippen LogP contribution in [0.1, 0.15) is 12.5 Å². The third-order valence-corrected chi connectivity index (χ3v) is 4.46. The maximum absolute atomic E-state index is 12.4. The molecule has 0 aliphatic heterocycles. The van der Waals surface area contributed by atoms with Gasteiger partial charge in [0, 0.05) is 20.1 Å². The molecule has 0 aliphatic rings. The fourth-order valence-electron chi connectivity index (χ4n) is 2.14. The van der Waals surface area contributed by atoms with Gasteiger partial charge in [0.1, 0.15) is 0 Å². The highest BCUT2D eigenvalue weighted by atomic mass is 32.2. The summed E-state index contributed by atoms with van der Waals surface area (Å²) in [6.07, 6.45) is 0. The summed E-state index contributed by atoms with van der Waals surface area (Å²) in [5, 5.41) is 11.8. The van der Waals surface area contributed by atoms with Crippen LogP contribution in [-0.2, 0) is 18.4 Å². The van der Waals surface area contributed by atoms with Gasteiger partial charge in [0.25, 0.3) is 0 Å². The Kier molecular flexibility index (Phi) is 6.42. The molecule has 0 fully saturated rings. The fourth-order valence-corrected chi connectivity index (χ4v) is 2.89. The van der Waals surface area contributed by atoms with Crippen molar-refractivity contribution in [2.24, 2.45) is 7.05 Å². The molecule has 8 nitrogen and oxygen atoms in total. The third kappa shape index (κ3) is 4.38. The molecule has 0 N–H and O–H groups in total. The van der Waals surface area contributed by atoms with Crippen LogP contribution >= 0.6 is 11.8 Å². The molecule has 0 spiro atoms. The SMILES string of the molecule is CCN(Cc1ccc(OC)c(OC)c1)C(=O)CSc1nnnn1C. The van der Waals surface area contributed by atoms with Crippen LogP contribution in [0.15, 0.2) is 23.4 Å². The average molecular weight is 351 g/mol. The molecule has 24 heavy (non-hydrogen) atoms. The molecule has 9 heteroatoms. The summed E-state index contributed by atoms with van der Waals surface area (Å²) < 4.78 is 12.1. The van der Waals surface area contributed by atoms with Crippen molar-refractivity contribution < 1.29 is 14.3 Å². The van der Waals surface area contributed by atoms with Crippen LogP contribution in [0.2, 0.25) is 0 Å². The first-order valence-electron chi connectivity index (χ1n) is 7.42. The number of aryl methyl sites for hydroxylation is 1. The molecule has 1 amide bonds. The lowest BCUT2D eigenvalue weighted by atomic mass is 10.2. The summed E-state index contributed by atoms with van der Waals surface area (Å²) >= 11 is 1.32. The van der Waals surface area contributed by atoms with Gasteiger partial charge in [0.05, 0.1) is 20.0 Å². The van der Waals surface area contributed by atoms with E-state index >= 15 is 0 Å². The number of carbonyl (C=O) groups is 1. The summed E-state index contributed by atoms with van der Waals surface area (Å²) in [5.41, 5.74) is 0.980. The Bertz CT molecular complexity index is 691. The Balaban J connectivity index is 2.00. The van der Waals surface area contributed by atoms with Gasteiger partial charge in [-0.25, -0.2) is 4.68 Å². The zero-order chi connectivity index (χ0) is 17.5. The van der Waals surface area contributed by atoms with E-state index in [1.54, 1.807) is 30.8 Å². The van der Waals surface area contributed by atoms with E-state index < -0.39 is 0 Å². The van der Waals surface area contributed by atoms with Crippen LogP contribution in [0.25, 0.3) is 0 Å². The number of thioether (sulfide) groups is 1. The lowest BCUT2D eigenvalue weighted by Crippen LogP contribution is -2.31. The first-order chi connectivity index (χ1) is 11.6. The second-order valence-electron chi connectivity index (χ2n) is 4.97. The van der Waals surface area contributed by atoms with Gasteiger partial charge in [-0.05, 0) is 35.0 Å². The first kappa shape index (κ1) is 18.1. The van der Waals surface area contributed by atoms with E-state index in [1.807, 2.05) is 25.1 Å². The number of aromatic nitrogens is 4. The molecule has 0 unspecified atom stereocenters. The van der Waals surface area contributed by atoms with Gasteiger partial charge in [-0.1, -0.05) is 17.8 Å². The molecule has 1 heterocycles. The van der Waals surface area contributed by atoms with Gasteiger partial charge in [-0.2, -0.15) is 0 Å². The molecule has 2 rings (SSSR count). The molecule has 0 atom stereocenters. The topological polar surface area (TPSA) is 82.4 Å². The number of carbonyl (C=O) groups excluding carboxylic acids is 1. The molecule has 0 radical (unpaired) electrons. The molecule has 0 bridgehead atoms. The van der Waals surface area contributed by atoms with E-state index in [0.717, 1.165) is 5.56 Å². The van der Waals surface area contributed by atoms with Crippen molar-refractivity contribution in [3.63, 3.8) is 0 Å².